The molecule has 0 radical (unpaired) electrons. The van der Waals surface area contributed by atoms with Crippen LogP contribution in [0.1, 0.15) is 31.1 Å². The van der Waals surface area contributed by atoms with Crippen molar-refractivity contribution in [2.45, 2.75) is 26.4 Å². The molecule has 0 aliphatic rings. The highest BCUT2D eigenvalue weighted by molar-refractivity contribution is 5.98. The Morgan fingerprint density at radius 2 is 1.22 bits per heavy atom. The average molecular weight is 422 g/mol. The fourth-order valence-electron chi connectivity index (χ4n) is 3.53. The molecule has 0 aliphatic heterocycles. The van der Waals surface area contributed by atoms with Crippen LogP contribution in [0.5, 0.6) is 0 Å². The quantitative estimate of drug-likeness (QED) is 0.335. The Balaban J connectivity index is 1.73. The van der Waals surface area contributed by atoms with Crippen molar-refractivity contribution in [1.29, 1.82) is 0 Å². The molecule has 0 aliphatic carbocycles. The number of ether oxygens (including phenoxy) is 1. The van der Waals surface area contributed by atoms with Crippen LogP contribution in [-0.4, -0.2) is 11.6 Å². The summed E-state index contributed by atoms with van der Waals surface area (Å²) in [5, 5.41) is 3.46. The maximum Gasteiger partial charge on any atom is 0.340 e. The summed E-state index contributed by atoms with van der Waals surface area (Å²) in [5.74, 6) is -0.348. The summed E-state index contributed by atoms with van der Waals surface area (Å²) in [6, 6.07) is 34.3. The number of carbonyl (C=O) groups excluding carboxylic acids is 1. The summed E-state index contributed by atoms with van der Waals surface area (Å²) in [5.41, 5.74) is 5.91. The smallest absolute Gasteiger partial charge is 0.340 e. The minimum Gasteiger partial charge on any atom is -0.456 e. The molecule has 4 aromatic rings. The number of anilines is 2. The molecule has 3 heteroatoms. The van der Waals surface area contributed by atoms with E-state index in [2.05, 4.69) is 41.7 Å². The topological polar surface area (TPSA) is 38.3 Å². The Morgan fingerprint density at radius 3 is 1.81 bits per heavy atom. The first-order valence-electron chi connectivity index (χ1n) is 10.7. The molecule has 0 heterocycles. The summed E-state index contributed by atoms with van der Waals surface area (Å²) in [7, 11) is 0. The van der Waals surface area contributed by atoms with Crippen LogP contribution in [0.3, 0.4) is 0 Å². The van der Waals surface area contributed by atoms with E-state index in [9.17, 15) is 4.79 Å². The van der Waals surface area contributed by atoms with Gasteiger partial charge in [0.25, 0.3) is 0 Å². The normalized spacial score (nSPS) is 11.1. The Labute approximate surface area is 189 Å². The zero-order chi connectivity index (χ0) is 22.6. The summed E-state index contributed by atoms with van der Waals surface area (Å²) in [6.45, 7) is 5.62. The lowest BCUT2D eigenvalue weighted by Crippen LogP contribution is -2.24. The lowest BCUT2D eigenvalue weighted by Gasteiger charge is -2.21. The predicted molar refractivity (Wildman–Crippen MR) is 132 cm³/mol. The fourth-order valence-corrected chi connectivity index (χ4v) is 3.53. The number of esters is 1. The van der Waals surface area contributed by atoms with Crippen molar-refractivity contribution in [2.75, 3.05) is 5.32 Å². The summed E-state index contributed by atoms with van der Waals surface area (Å²) >= 11 is 0. The third kappa shape index (κ3) is 5.25. The number of hydrogen-bond donors (Lipinski definition) is 1. The summed E-state index contributed by atoms with van der Waals surface area (Å²) in [4.78, 5) is 12.9. The second-order valence-electron chi connectivity index (χ2n) is 8.70. The number of nitrogens with one attached hydrogen (secondary N) is 1. The second-order valence-corrected chi connectivity index (χ2v) is 8.70. The van der Waals surface area contributed by atoms with Crippen LogP contribution in [0.4, 0.5) is 11.4 Å². The largest absolute Gasteiger partial charge is 0.456 e. The van der Waals surface area contributed by atoms with Crippen LogP contribution in [0.15, 0.2) is 103 Å². The molecule has 0 spiro atoms. The molecule has 0 saturated carbocycles. The van der Waals surface area contributed by atoms with E-state index < -0.39 is 5.60 Å². The second kappa shape index (κ2) is 9.11. The van der Waals surface area contributed by atoms with Gasteiger partial charge in [-0.15, -0.1) is 0 Å². The number of rotatable bonds is 5. The van der Waals surface area contributed by atoms with Crippen molar-refractivity contribution in [2.24, 2.45) is 0 Å². The minimum absolute atomic E-state index is 0.348. The van der Waals surface area contributed by atoms with Gasteiger partial charge in [-0.2, -0.15) is 0 Å². The Kier molecular flexibility index (Phi) is 6.09. The monoisotopic (exact) mass is 421 g/mol. The lowest BCUT2D eigenvalue weighted by atomic mass is 10.0. The van der Waals surface area contributed by atoms with Gasteiger partial charge < -0.3 is 10.1 Å². The molecular weight excluding hydrogens is 394 g/mol. The van der Waals surface area contributed by atoms with Crippen molar-refractivity contribution < 1.29 is 9.53 Å². The maximum absolute atomic E-state index is 12.9. The van der Waals surface area contributed by atoms with E-state index in [-0.39, 0.29) is 5.97 Å². The van der Waals surface area contributed by atoms with Crippen molar-refractivity contribution in [1.82, 2.24) is 0 Å². The molecule has 0 saturated heterocycles. The standard InChI is InChI=1S/C29H27NO2/c1-29(2,3)32-28(31)26-18-17-24(22-13-8-5-9-14-22)20-27(26)30-25-16-10-15-23(19-25)21-11-6-4-7-12-21/h4-20,30H,1-3H3. The van der Waals surface area contributed by atoms with E-state index in [1.807, 2.05) is 87.5 Å². The molecule has 32 heavy (non-hydrogen) atoms. The summed E-state index contributed by atoms with van der Waals surface area (Å²) in [6.07, 6.45) is 0. The van der Waals surface area contributed by atoms with E-state index in [0.717, 1.165) is 27.9 Å². The van der Waals surface area contributed by atoms with Crippen LogP contribution in [-0.2, 0) is 4.74 Å². The van der Waals surface area contributed by atoms with Gasteiger partial charge in [0.05, 0.1) is 11.3 Å². The van der Waals surface area contributed by atoms with Crippen LogP contribution in [0.25, 0.3) is 22.3 Å². The van der Waals surface area contributed by atoms with Gasteiger partial charge in [0.1, 0.15) is 5.60 Å². The van der Waals surface area contributed by atoms with E-state index in [0.29, 0.717) is 11.3 Å². The lowest BCUT2D eigenvalue weighted by molar-refractivity contribution is 0.00708. The van der Waals surface area contributed by atoms with Gasteiger partial charge in [0.15, 0.2) is 0 Å². The number of carbonyl (C=O) groups is 1. The van der Waals surface area contributed by atoms with E-state index in [1.54, 1.807) is 0 Å². The summed E-state index contributed by atoms with van der Waals surface area (Å²) < 4.78 is 5.66. The van der Waals surface area contributed by atoms with E-state index in [1.165, 1.54) is 0 Å². The van der Waals surface area contributed by atoms with Crippen molar-refractivity contribution in [3.8, 4) is 22.3 Å². The number of benzene rings is 4. The van der Waals surface area contributed by atoms with Crippen LogP contribution < -0.4 is 5.32 Å². The van der Waals surface area contributed by atoms with Gasteiger partial charge in [0, 0.05) is 5.69 Å². The van der Waals surface area contributed by atoms with Gasteiger partial charge in [-0.3, -0.25) is 0 Å². The molecule has 0 atom stereocenters. The third-order valence-corrected chi connectivity index (χ3v) is 4.99. The molecular formula is C29H27NO2. The Bertz CT molecular complexity index is 1210. The Hall–Kier alpha value is -3.85. The highest BCUT2D eigenvalue weighted by atomic mass is 16.6. The first-order chi connectivity index (χ1) is 15.4. The molecule has 0 aromatic heterocycles. The molecule has 1 N–H and O–H groups in total. The van der Waals surface area contributed by atoms with E-state index >= 15 is 0 Å². The predicted octanol–water partition coefficient (Wildman–Crippen LogP) is 7.72. The van der Waals surface area contributed by atoms with Gasteiger partial charge in [-0.25, -0.2) is 4.79 Å². The van der Waals surface area contributed by atoms with Gasteiger partial charge in [-0.05, 0) is 67.3 Å². The SMILES string of the molecule is CC(C)(C)OC(=O)c1ccc(-c2ccccc2)cc1Nc1cccc(-c2ccccc2)c1. The van der Waals surface area contributed by atoms with Crippen molar-refractivity contribution in [3.63, 3.8) is 0 Å². The van der Waals surface area contributed by atoms with Gasteiger partial charge in [0.2, 0.25) is 0 Å². The zero-order valence-electron chi connectivity index (χ0n) is 18.6. The van der Waals surface area contributed by atoms with Crippen LogP contribution in [0.2, 0.25) is 0 Å². The zero-order valence-corrected chi connectivity index (χ0v) is 18.6. The van der Waals surface area contributed by atoms with Gasteiger partial charge in [-0.1, -0.05) is 78.9 Å². The fraction of sp³-hybridized carbons (Fsp3) is 0.138. The highest BCUT2D eigenvalue weighted by Gasteiger charge is 2.21. The first-order valence-corrected chi connectivity index (χ1v) is 10.7. The van der Waals surface area contributed by atoms with E-state index in [4.69, 9.17) is 4.74 Å². The maximum atomic E-state index is 12.9. The number of hydrogen-bond acceptors (Lipinski definition) is 3. The molecule has 0 bridgehead atoms. The molecule has 160 valence electrons. The Morgan fingerprint density at radius 1 is 0.656 bits per heavy atom. The molecule has 3 nitrogen and oxygen atoms in total. The molecule has 4 rings (SSSR count). The van der Waals surface area contributed by atoms with Crippen molar-refractivity contribution in [3.05, 3.63) is 109 Å². The van der Waals surface area contributed by atoms with Crippen LogP contribution in [0, 0.1) is 0 Å². The molecule has 0 amide bonds. The first kappa shape index (κ1) is 21.4. The highest BCUT2D eigenvalue weighted by Crippen LogP contribution is 2.31. The van der Waals surface area contributed by atoms with Crippen LogP contribution >= 0.6 is 0 Å². The molecule has 0 unspecified atom stereocenters. The molecule has 0 fully saturated rings. The van der Waals surface area contributed by atoms with Crippen molar-refractivity contribution >= 4 is 17.3 Å². The van der Waals surface area contributed by atoms with Gasteiger partial charge >= 0.3 is 5.97 Å². The average Bonchev–Trinajstić information content (AvgIpc) is 2.79. The third-order valence-electron chi connectivity index (χ3n) is 4.99. The minimum atomic E-state index is -0.570. The molecule has 4 aromatic carbocycles.